The van der Waals surface area contributed by atoms with Crippen LogP contribution in [-0.2, 0) is 6.42 Å². The maximum Gasteiger partial charge on any atom is 0.321 e. The van der Waals surface area contributed by atoms with Gasteiger partial charge in [0.25, 0.3) is 0 Å². The molecule has 1 aliphatic heterocycles. The molecule has 5 rings (SSSR count). The fourth-order valence-corrected chi connectivity index (χ4v) is 5.60. The number of aromatic nitrogens is 1. The number of methoxy groups -OCH3 is 1. The van der Waals surface area contributed by atoms with Crippen LogP contribution in [0.3, 0.4) is 0 Å². The van der Waals surface area contributed by atoms with Crippen molar-refractivity contribution in [3.63, 3.8) is 0 Å². The van der Waals surface area contributed by atoms with Crippen LogP contribution in [0.2, 0.25) is 0 Å². The lowest BCUT2D eigenvalue weighted by atomic mass is 10.0. The van der Waals surface area contributed by atoms with Crippen molar-refractivity contribution in [3.8, 4) is 5.75 Å². The monoisotopic (exact) mass is 487 g/mol. The van der Waals surface area contributed by atoms with Crippen molar-refractivity contribution in [3.05, 3.63) is 59.7 Å². The number of urea groups is 1. The summed E-state index contributed by atoms with van der Waals surface area (Å²) in [6.45, 7) is 6.54. The standard InChI is InChI=1S/C29H37N5O2/c1-19(2)34-16-14-23(15-17-34)33(3)29(35)30-22-10-12-24-21(18-22)9-13-27(31-24)32-25-11-8-20-6-5-7-26(36-4)28(20)25/h5-7,9-10,12-13,18-19,23,25H,8,11,14-17H2,1-4H3,(H,30,35)(H,31,32). The van der Waals surface area contributed by atoms with E-state index < -0.39 is 0 Å². The highest BCUT2D eigenvalue weighted by molar-refractivity contribution is 5.93. The lowest BCUT2D eigenvalue weighted by Gasteiger charge is -2.38. The second-order valence-corrected chi connectivity index (χ2v) is 10.3. The van der Waals surface area contributed by atoms with Crippen molar-refractivity contribution in [2.24, 2.45) is 0 Å². The molecule has 7 heteroatoms. The molecule has 0 bridgehead atoms. The van der Waals surface area contributed by atoms with E-state index in [9.17, 15) is 4.79 Å². The van der Waals surface area contributed by atoms with Gasteiger partial charge in [-0.1, -0.05) is 12.1 Å². The minimum atomic E-state index is -0.0579. The lowest BCUT2D eigenvalue weighted by Crippen LogP contribution is -2.48. The smallest absolute Gasteiger partial charge is 0.321 e. The van der Waals surface area contributed by atoms with Crippen molar-refractivity contribution in [1.29, 1.82) is 0 Å². The number of carbonyl (C=O) groups is 1. The van der Waals surface area contributed by atoms with Crippen LogP contribution in [0, 0.1) is 0 Å². The molecule has 2 heterocycles. The first-order chi connectivity index (χ1) is 17.4. The number of amides is 2. The number of fused-ring (bicyclic) bond motifs is 2. The molecule has 2 aliphatic rings. The Morgan fingerprint density at radius 1 is 1.11 bits per heavy atom. The number of pyridine rings is 1. The van der Waals surface area contributed by atoms with Gasteiger partial charge in [0.05, 0.1) is 18.7 Å². The SMILES string of the molecule is COc1cccc2c1C(Nc1ccc3cc(NC(=O)N(C)C4CCN(C(C)C)CC4)ccc3n1)CC2. The number of rotatable bonds is 6. The summed E-state index contributed by atoms with van der Waals surface area (Å²) >= 11 is 0. The second-order valence-electron chi connectivity index (χ2n) is 10.3. The molecule has 3 aromatic rings. The molecule has 1 aliphatic carbocycles. The number of likely N-dealkylation sites (tertiary alicyclic amines) is 1. The number of hydrogen-bond donors (Lipinski definition) is 2. The highest BCUT2D eigenvalue weighted by Gasteiger charge is 2.27. The summed E-state index contributed by atoms with van der Waals surface area (Å²) in [6.07, 6.45) is 4.07. The lowest BCUT2D eigenvalue weighted by molar-refractivity contribution is 0.121. The molecule has 1 aromatic heterocycles. The fraction of sp³-hybridized carbons (Fsp3) is 0.448. The number of piperidine rings is 1. The van der Waals surface area contributed by atoms with Crippen LogP contribution in [0.4, 0.5) is 16.3 Å². The van der Waals surface area contributed by atoms with E-state index in [2.05, 4.69) is 47.6 Å². The topological polar surface area (TPSA) is 69.7 Å². The Bertz CT molecular complexity index is 1240. The van der Waals surface area contributed by atoms with Crippen molar-refractivity contribution < 1.29 is 9.53 Å². The Balaban J connectivity index is 1.24. The van der Waals surface area contributed by atoms with E-state index in [1.165, 1.54) is 11.1 Å². The van der Waals surface area contributed by atoms with Crippen molar-refractivity contribution >= 4 is 28.4 Å². The van der Waals surface area contributed by atoms with Gasteiger partial charge < -0.3 is 25.2 Å². The predicted molar refractivity (Wildman–Crippen MR) is 146 cm³/mol. The summed E-state index contributed by atoms with van der Waals surface area (Å²) in [6, 6.07) is 17.2. The number of nitrogens with zero attached hydrogens (tertiary/aromatic N) is 3. The Morgan fingerprint density at radius 2 is 1.92 bits per heavy atom. The highest BCUT2D eigenvalue weighted by Crippen LogP contribution is 2.39. The van der Waals surface area contributed by atoms with Crippen molar-refractivity contribution in [2.75, 3.05) is 37.9 Å². The van der Waals surface area contributed by atoms with E-state index in [1.54, 1.807) is 7.11 Å². The second kappa shape index (κ2) is 10.3. The Kier molecular flexibility index (Phi) is 7.01. The summed E-state index contributed by atoms with van der Waals surface area (Å²) in [5.74, 6) is 1.77. The van der Waals surface area contributed by atoms with E-state index in [4.69, 9.17) is 9.72 Å². The normalized spacial score (nSPS) is 18.3. The first-order valence-corrected chi connectivity index (χ1v) is 13.0. The number of anilines is 2. The van der Waals surface area contributed by atoms with E-state index in [0.717, 1.165) is 66.9 Å². The molecule has 1 unspecified atom stereocenters. The average Bonchev–Trinajstić information content (AvgIpc) is 3.31. The van der Waals surface area contributed by atoms with Gasteiger partial charge in [0.2, 0.25) is 0 Å². The summed E-state index contributed by atoms with van der Waals surface area (Å²) in [7, 11) is 3.63. The molecule has 0 saturated carbocycles. The zero-order valence-electron chi connectivity index (χ0n) is 21.8. The molecule has 1 saturated heterocycles. The maximum atomic E-state index is 12.9. The minimum Gasteiger partial charge on any atom is -0.496 e. The molecule has 7 nitrogen and oxygen atoms in total. The number of aryl methyl sites for hydroxylation is 1. The van der Waals surface area contributed by atoms with E-state index >= 15 is 0 Å². The van der Waals surface area contributed by atoms with Gasteiger partial charge in [0.1, 0.15) is 11.6 Å². The third-order valence-corrected chi connectivity index (χ3v) is 7.79. The molecule has 0 radical (unpaired) electrons. The summed E-state index contributed by atoms with van der Waals surface area (Å²) in [5.41, 5.74) is 4.25. The van der Waals surface area contributed by atoms with E-state index in [0.29, 0.717) is 6.04 Å². The largest absolute Gasteiger partial charge is 0.496 e. The Labute approximate surface area is 213 Å². The van der Waals surface area contributed by atoms with Gasteiger partial charge in [-0.15, -0.1) is 0 Å². The van der Waals surface area contributed by atoms with E-state index in [1.807, 2.05) is 42.3 Å². The fourth-order valence-electron chi connectivity index (χ4n) is 5.60. The maximum absolute atomic E-state index is 12.9. The Morgan fingerprint density at radius 3 is 2.67 bits per heavy atom. The van der Waals surface area contributed by atoms with Crippen molar-refractivity contribution in [1.82, 2.24) is 14.8 Å². The Hall–Kier alpha value is -3.32. The first kappa shape index (κ1) is 24.4. The van der Waals surface area contributed by atoms with Gasteiger partial charge in [0.15, 0.2) is 0 Å². The molecule has 1 atom stereocenters. The van der Waals surface area contributed by atoms with Gasteiger partial charge in [-0.05, 0) is 81.5 Å². The van der Waals surface area contributed by atoms with Crippen LogP contribution in [0.25, 0.3) is 10.9 Å². The summed E-state index contributed by atoms with van der Waals surface area (Å²) < 4.78 is 5.61. The van der Waals surface area contributed by atoms with Crippen LogP contribution in [0.15, 0.2) is 48.5 Å². The number of carbonyl (C=O) groups excluding carboxylic acids is 1. The molecule has 0 spiro atoms. The summed E-state index contributed by atoms with van der Waals surface area (Å²) in [4.78, 5) is 22.1. The molecule has 2 aromatic carbocycles. The molecular formula is C29H37N5O2. The third kappa shape index (κ3) is 4.98. The number of ether oxygens (including phenoxy) is 1. The van der Waals surface area contributed by atoms with Gasteiger partial charge in [0, 0.05) is 48.9 Å². The van der Waals surface area contributed by atoms with Crippen molar-refractivity contribution in [2.45, 2.75) is 57.7 Å². The van der Waals surface area contributed by atoms with E-state index in [-0.39, 0.29) is 18.1 Å². The minimum absolute atomic E-state index is 0.0579. The van der Waals surface area contributed by atoms with Gasteiger partial charge in [-0.2, -0.15) is 0 Å². The van der Waals surface area contributed by atoms with Crippen LogP contribution in [0.5, 0.6) is 5.75 Å². The first-order valence-electron chi connectivity index (χ1n) is 13.0. The molecule has 1 fully saturated rings. The molecule has 2 N–H and O–H groups in total. The van der Waals surface area contributed by atoms with Crippen LogP contribution >= 0.6 is 0 Å². The molecular weight excluding hydrogens is 450 g/mol. The van der Waals surface area contributed by atoms with Gasteiger partial charge in [-0.25, -0.2) is 9.78 Å². The van der Waals surface area contributed by atoms with Gasteiger partial charge >= 0.3 is 6.03 Å². The van der Waals surface area contributed by atoms with Crippen LogP contribution in [0.1, 0.15) is 50.3 Å². The molecule has 36 heavy (non-hydrogen) atoms. The average molecular weight is 488 g/mol. The summed E-state index contributed by atoms with van der Waals surface area (Å²) in [5, 5.41) is 7.68. The number of benzene rings is 2. The zero-order valence-corrected chi connectivity index (χ0v) is 21.8. The predicted octanol–water partition coefficient (Wildman–Crippen LogP) is 5.68. The molecule has 2 amide bonds. The highest BCUT2D eigenvalue weighted by atomic mass is 16.5. The number of nitrogens with one attached hydrogen (secondary N) is 2. The van der Waals surface area contributed by atoms with Crippen LogP contribution < -0.4 is 15.4 Å². The quantitative estimate of drug-likeness (QED) is 0.468. The molecule has 190 valence electrons. The number of hydrogen-bond acceptors (Lipinski definition) is 5. The zero-order chi connectivity index (χ0) is 25.2. The third-order valence-electron chi connectivity index (χ3n) is 7.79. The van der Waals surface area contributed by atoms with Gasteiger partial charge in [-0.3, -0.25) is 0 Å². The van der Waals surface area contributed by atoms with Crippen LogP contribution in [-0.4, -0.2) is 60.1 Å².